The molecular weight excluding hydrogens is 202 g/mol. The molecule has 0 aliphatic rings. The third kappa shape index (κ3) is 4.64. The molecule has 1 rings (SSSR count). The smallest absolute Gasteiger partial charge is 0.129 e. The van der Waals surface area contributed by atoms with E-state index in [9.17, 15) is 0 Å². The van der Waals surface area contributed by atoms with Crippen LogP contribution in [-0.2, 0) is 13.2 Å². The van der Waals surface area contributed by atoms with E-state index in [-0.39, 0.29) is 6.61 Å². The summed E-state index contributed by atoms with van der Waals surface area (Å²) in [6.45, 7) is 6.55. The van der Waals surface area contributed by atoms with Crippen LogP contribution in [0.15, 0.2) is 29.2 Å². The van der Waals surface area contributed by atoms with E-state index in [2.05, 4.69) is 18.8 Å². The SMILES string of the molecule is C=CCCCC(C)NCc1ccc(CO)o1. The van der Waals surface area contributed by atoms with E-state index in [1.54, 1.807) is 6.07 Å². The fourth-order valence-electron chi connectivity index (χ4n) is 1.55. The third-order valence-corrected chi connectivity index (χ3v) is 2.54. The van der Waals surface area contributed by atoms with Gasteiger partial charge in [0.15, 0.2) is 0 Å². The van der Waals surface area contributed by atoms with Crippen molar-refractivity contribution in [1.82, 2.24) is 5.32 Å². The van der Waals surface area contributed by atoms with Gasteiger partial charge in [-0.05, 0) is 38.3 Å². The summed E-state index contributed by atoms with van der Waals surface area (Å²) < 4.78 is 5.38. The second kappa shape index (κ2) is 7.25. The Labute approximate surface area is 97.2 Å². The van der Waals surface area contributed by atoms with Crippen molar-refractivity contribution in [3.63, 3.8) is 0 Å². The van der Waals surface area contributed by atoms with Crippen LogP contribution < -0.4 is 5.32 Å². The lowest BCUT2D eigenvalue weighted by atomic mass is 10.1. The highest BCUT2D eigenvalue weighted by molar-refractivity contribution is 5.06. The Morgan fingerprint density at radius 3 is 2.88 bits per heavy atom. The Bertz CT molecular complexity index is 307. The Morgan fingerprint density at radius 1 is 1.50 bits per heavy atom. The highest BCUT2D eigenvalue weighted by Gasteiger charge is 2.04. The summed E-state index contributed by atoms with van der Waals surface area (Å²) in [5.41, 5.74) is 0. The summed E-state index contributed by atoms with van der Waals surface area (Å²) >= 11 is 0. The van der Waals surface area contributed by atoms with Gasteiger partial charge in [-0.3, -0.25) is 0 Å². The van der Waals surface area contributed by atoms with Gasteiger partial charge in [-0.25, -0.2) is 0 Å². The van der Waals surface area contributed by atoms with Crippen LogP contribution in [0.3, 0.4) is 0 Å². The van der Waals surface area contributed by atoms with Crippen LogP contribution in [0, 0.1) is 0 Å². The van der Waals surface area contributed by atoms with Crippen LogP contribution in [0.5, 0.6) is 0 Å². The zero-order valence-electron chi connectivity index (χ0n) is 9.91. The molecule has 1 atom stereocenters. The van der Waals surface area contributed by atoms with Gasteiger partial charge in [-0.2, -0.15) is 0 Å². The maximum absolute atomic E-state index is 8.85. The largest absolute Gasteiger partial charge is 0.462 e. The van der Waals surface area contributed by atoms with Crippen molar-refractivity contribution in [2.75, 3.05) is 0 Å². The zero-order chi connectivity index (χ0) is 11.8. The van der Waals surface area contributed by atoms with Crippen molar-refractivity contribution in [1.29, 1.82) is 0 Å². The molecule has 0 radical (unpaired) electrons. The monoisotopic (exact) mass is 223 g/mol. The van der Waals surface area contributed by atoms with Crippen LogP contribution in [0.1, 0.15) is 37.7 Å². The van der Waals surface area contributed by atoms with Crippen LogP contribution in [0.25, 0.3) is 0 Å². The molecule has 0 amide bonds. The Hall–Kier alpha value is -1.06. The van der Waals surface area contributed by atoms with Gasteiger partial charge in [0.05, 0.1) is 6.54 Å². The number of allylic oxidation sites excluding steroid dienone is 1. The molecule has 90 valence electrons. The molecular formula is C13H21NO2. The number of aliphatic hydroxyl groups excluding tert-OH is 1. The van der Waals surface area contributed by atoms with Gasteiger partial charge in [-0.15, -0.1) is 6.58 Å². The van der Waals surface area contributed by atoms with Crippen molar-refractivity contribution >= 4 is 0 Å². The van der Waals surface area contributed by atoms with Crippen LogP contribution >= 0.6 is 0 Å². The molecule has 1 unspecified atom stereocenters. The summed E-state index contributed by atoms with van der Waals surface area (Å²) in [4.78, 5) is 0. The topological polar surface area (TPSA) is 45.4 Å². The van der Waals surface area contributed by atoms with E-state index in [0.717, 1.165) is 31.6 Å². The normalized spacial score (nSPS) is 12.6. The molecule has 16 heavy (non-hydrogen) atoms. The molecule has 0 aromatic carbocycles. The first-order chi connectivity index (χ1) is 7.76. The van der Waals surface area contributed by atoms with E-state index in [1.807, 2.05) is 12.1 Å². The van der Waals surface area contributed by atoms with Crippen molar-refractivity contribution in [3.8, 4) is 0 Å². The average Bonchev–Trinajstić information content (AvgIpc) is 2.74. The van der Waals surface area contributed by atoms with E-state index >= 15 is 0 Å². The molecule has 3 nitrogen and oxygen atoms in total. The molecule has 1 heterocycles. The number of furan rings is 1. The average molecular weight is 223 g/mol. The molecule has 0 bridgehead atoms. The summed E-state index contributed by atoms with van der Waals surface area (Å²) in [6, 6.07) is 4.18. The first kappa shape index (κ1) is 13.0. The lowest BCUT2D eigenvalue weighted by Crippen LogP contribution is -2.25. The molecule has 0 aliphatic carbocycles. The Balaban J connectivity index is 2.20. The van der Waals surface area contributed by atoms with Crippen molar-refractivity contribution in [2.24, 2.45) is 0 Å². The number of nitrogens with one attached hydrogen (secondary N) is 1. The van der Waals surface area contributed by atoms with Gasteiger partial charge in [-0.1, -0.05) is 6.08 Å². The number of hydrogen-bond donors (Lipinski definition) is 2. The summed E-state index contributed by atoms with van der Waals surface area (Å²) in [5.74, 6) is 1.50. The summed E-state index contributed by atoms with van der Waals surface area (Å²) in [7, 11) is 0. The number of rotatable bonds is 8. The number of aliphatic hydroxyl groups is 1. The molecule has 0 saturated heterocycles. The predicted octanol–water partition coefficient (Wildman–Crippen LogP) is 2.61. The van der Waals surface area contributed by atoms with Crippen molar-refractivity contribution in [3.05, 3.63) is 36.3 Å². The molecule has 2 N–H and O–H groups in total. The fourth-order valence-corrected chi connectivity index (χ4v) is 1.55. The molecule has 0 spiro atoms. The van der Waals surface area contributed by atoms with E-state index in [4.69, 9.17) is 9.52 Å². The standard InChI is InChI=1S/C13H21NO2/c1-3-4-5-6-11(2)14-9-12-7-8-13(10-15)16-12/h3,7-8,11,14-15H,1,4-6,9-10H2,2H3. The minimum atomic E-state index is -0.0328. The molecule has 0 saturated carbocycles. The van der Waals surface area contributed by atoms with Gasteiger partial charge >= 0.3 is 0 Å². The highest BCUT2D eigenvalue weighted by Crippen LogP contribution is 2.08. The fraction of sp³-hybridized carbons (Fsp3) is 0.538. The van der Waals surface area contributed by atoms with Gasteiger partial charge < -0.3 is 14.8 Å². The second-order valence-corrected chi connectivity index (χ2v) is 4.03. The molecule has 0 fully saturated rings. The minimum absolute atomic E-state index is 0.0328. The summed E-state index contributed by atoms with van der Waals surface area (Å²) in [6.07, 6.45) is 5.32. The van der Waals surface area contributed by atoms with Crippen LogP contribution in [0.4, 0.5) is 0 Å². The maximum atomic E-state index is 8.85. The van der Waals surface area contributed by atoms with Gasteiger partial charge in [0.2, 0.25) is 0 Å². The second-order valence-electron chi connectivity index (χ2n) is 4.03. The highest BCUT2D eigenvalue weighted by atomic mass is 16.4. The first-order valence-corrected chi connectivity index (χ1v) is 5.79. The maximum Gasteiger partial charge on any atom is 0.129 e. The quantitative estimate of drug-likeness (QED) is 0.526. The lowest BCUT2D eigenvalue weighted by Gasteiger charge is -2.11. The van der Waals surface area contributed by atoms with Gasteiger partial charge in [0, 0.05) is 6.04 Å². The lowest BCUT2D eigenvalue weighted by molar-refractivity contribution is 0.242. The zero-order valence-corrected chi connectivity index (χ0v) is 9.91. The Morgan fingerprint density at radius 2 is 2.25 bits per heavy atom. The van der Waals surface area contributed by atoms with E-state index in [0.29, 0.717) is 11.8 Å². The van der Waals surface area contributed by atoms with E-state index in [1.165, 1.54) is 0 Å². The van der Waals surface area contributed by atoms with Gasteiger partial charge in [0.25, 0.3) is 0 Å². The molecule has 1 aromatic rings. The number of unbranched alkanes of at least 4 members (excludes halogenated alkanes) is 1. The molecule has 0 aliphatic heterocycles. The third-order valence-electron chi connectivity index (χ3n) is 2.54. The molecule has 1 aromatic heterocycles. The molecule has 3 heteroatoms. The van der Waals surface area contributed by atoms with Crippen molar-refractivity contribution in [2.45, 2.75) is 45.4 Å². The first-order valence-electron chi connectivity index (χ1n) is 5.79. The summed E-state index contributed by atoms with van der Waals surface area (Å²) in [5, 5.41) is 12.2. The number of hydrogen-bond acceptors (Lipinski definition) is 3. The van der Waals surface area contributed by atoms with E-state index < -0.39 is 0 Å². The minimum Gasteiger partial charge on any atom is -0.462 e. The van der Waals surface area contributed by atoms with Crippen LogP contribution in [0.2, 0.25) is 0 Å². The predicted molar refractivity (Wildman–Crippen MR) is 65.0 cm³/mol. The van der Waals surface area contributed by atoms with Gasteiger partial charge in [0.1, 0.15) is 18.1 Å². The van der Waals surface area contributed by atoms with Crippen molar-refractivity contribution < 1.29 is 9.52 Å². The Kier molecular flexibility index (Phi) is 5.90. The van der Waals surface area contributed by atoms with Crippen LogP contribution in [-0.4, -0.2) is 11.1 Å².